The van der Waals surface area contributed by atoms with E-state index in [1.54, 1.807) is 0 Å². The summed E-state index contributed by atoms with van der Waals surface area (Å²) in [4.78, 5) is 7.63. The van der Waals surface area contributed by atoms with Gasteiger partial charge >= 0.3 is 0 Å². The number of likely N-dealkylation sites (tertiary alicyclic amines) is 1. The number of β-amino-alcohol motifs (C(OH)–C–C–N with tert-alkyl or cyclic N) is 1. The first-order chi connectivity index (χ1) is 12.2. The lowest BCUT2D eigenvalue weighted by Gasteiger charge is -2.27. The zero-order valence-corrected chi connectivity index (χ0v) is 14.8. The quantitative estimate of drug-likeness (QED) is 0.480. The summed E-state index contributed by atoms with van der Waals surface area (Å²) < 4.78 is 0. The van der Waals surface area contributed by atoms with Gasteiger partial charge in [0.2, 0.25) is 0 Å². The number of nitrogens with zero attached hydrogens (tertiary/aromatic N) is 2. The fourth-order valence-electron chi connectivity index (χ4n) is 3.26. The third-order valence-electron chi connectivity index (χ3n) is 4.49. The summed E-state index contributed by atoms with van der Waals surface area (Å²) in [5.74, 6) is 0.668. The van der Waals surface area contributed by atoms with Crippen molar-refractivity contribution in [3.63, 3.8) is 0 Å². The van der Waals surface area contributed by atoms with Crippen LogP contribution in [0.1, 0.15) is 26.2 Å². The molecule has 1 fully saturated rings. The van der Waals surface area contributed by atoms with E-state index in [1.165, 1.54) is 24.6 Å². The second kappa shape index (κ2) is 8.83. The highest BCUT2D eigenvalue weighted by atomic mass is 16.6. The van der Waals surface area contributed by atoms with E-state index in [9.17, 15) is 5.11 Å². The van der Waals surface area contributed by atoms with Crippen LogP contribution in [0.5, 0.6) is 0 Å². The van der Waals surface area contributed by atoms with Gasteiger partial charge in [-0.25, -0.2) is 0 Å². The van der Waals surface area contributed by atoms with Crippen molar-refractivity contribution in [2.45, 2.75) is 32.3 Å². The lowest BCUT2D eigenvalue weighted by molar-refractivity contribution is 0.0158. The number of benzene rings is 2. The number of aliphatic hydroxyl groups is 1. The third kappa shape index (κ3) is 5.18. The van der Waals surface area contributed by atoms with Crippen molar-refractivity contribution < 1.29 is 9.94 Å². The van der Waals surface area contributed by atoms with Gasteiger partial charge in [0.05, 0.1) is 0 Å². The number of piperidine rings is 1. The first-order valence-corrected chi connectivity index (χ1v) is 9.04. The zero-order valence-electron chi connectivity index (χ0n) is 14.8. The second-order valence-electron chi connectivity index (χ2n) is 6.64. The van der Waals surface area contributed by atoms with Crippen LogP contribution < -0.4 is 5.32 Å². The average Bonchev–Trinajstić information content (AvgIpc) is 2.63. The summed E-state index contributed by atoms with van der Waals surface area (Å²) >= 11 is 0. The van der Waals surface area contributed by atoms with Crippen LogP contribution in [-0.4, -0.2) is 48.2 Å². The van der Waals surface area contributed by atoms with Crippen LogP contribution >= 0.6 is 0 Å². The first-order valence-electron chi connectivity index (χ1n) is 9.04. The molecule has 2 aromatic carbocycles. The number of aliphatic hydroxyl groups excluding tert-OH is 1. The van der Waals surface area contributed by atoms with Gasteiger partial charge < -0.3 is 20.2 Å². The molecule has 5 nitrogen and oxygen atoms in total. The van der Waals surface area contributed by atoms with Gasteiger partial charge in [0.1, 0.15) is 18.5 Å². The van der Waals surface area contributed by atoms with Crippen LogP contribution in [0.2, 0.25) is 0 Å². The monoisotopic (exact) mass is 341 g/mol. The predicted molar refractivity (Wildman–Crippen MR) is 103 cm³/mol. The van der Waals surface area contributed by atoms with Crippen LogP contribution in [0.25, 0.3) is 10.8 Å². The molecule has 0 spiro atoms. The van der Waals surface area contributed by atoms with Gasteiger partial charge in [-0.3, -0.25) is 0 Å². The molecule has 2 N–H and O–H groups in total. The number of fused-ring (bicyclic) bond motifs is 1. The highest BCUT2D eigenvalue weighted by Gasteiger charge is 2.14. The number of hydrogen-bond acceptors (Lipinski definition) is 4. The molecule has 1 atom stereocenters. The molecule has 1 unspecified atom stereocenters. The Labute approximate surface area is 149 Å². The van der Waals surface area contributed by atoms with Crippen molar-refractivity contribution in [2.75, 3.05) is 31.6 Å². The summed E-state index contributed by atoms with van der Waals surface area (Å²) in [7, 11) is 0. The van der Waals surface area contributed by atoms with Crippen molar-refractivity contribution in [3.05, 3.63) is 42.5 Å². The van der Waals surface area contributed by atoms with Crippen LogP contribution in [0.4, 0.5) is 5.69 Å². The van der Waals surface area contributed by atoms with Crippen molar-refractivity contribution >= 4 is 22.3 Å². The molecular weight excluding hydrogens is 314 g/mol. The summed E-state index contributed by atoms with van der Waals surface area (Å²) in [5.41, 5.74) is 0.997. The number of oxime groups is 1. The number of nitrogens with one attached hydrogen (secondary N) is 1. The van der Waals surface area contributed by atoms with Crippen LogP contribution in [0, 0.1) is 0 Å². The Morgan fingerprint density at radius 3 is 2.76 bits per heavy atom. The lowest BCUT2D eigenvalue weighted by atomic mass is 10.1. The van der Waals surface area contributed by atoms with E-state index in [0.29, 0.717) is 12.4 Å². The highest BCUT2D eigenvalue weighted by molar-refractivity contribution is 6.03. The Morgan fingerprint density at radius 1 is 1.16 bits per heavy atom. The molecule has 0 saturated carbocycles. The number of rotatable bonds is 6. The summed E-state index contributed by atoms with van der Waals surface area (Å²) in [6.07, 6.45) is 3.23. The molecule has 1 heterocycles. The molecule has 1 aliphatic rings. The fourth-order valence-corrected chi connectivity index (χ4v) is 3.26. The van der Waals surface area contributed by atoms with Crippen molar-refractivity contribution in [1.29, 1.82) is 0 Å². The number of amidine groups is 1. The lowest BCUT2D eigenvalue weighted by Crippen LogP contribution is -2.38. The van der Waals surface area contributed by atoms with Gasteiger partial charge in [-0.15, -0.1) is 0 Å². The van der Waals surface area contributed by atoms with Gasteiger partial charge in [-0.2, -0.15) is 0 Å². The maximum Gasteiger partial charge on any atom is 0.144 e. The molecule has 0 bridgehead atoms. The normalized spacial score (nSPS) is 17.4. The molecule has 0 radical (unpaired) electrons. The number of hydrogen-bond donors (Lipinski definition) is 2. The molecule has 25 heavy (non-hydrogen) atoms. The molecular formula is C20H27N3O2. The van der Waals surface area contributed by atoms with E-state index >= 15 is 0 Å². The van der Waals surface area contributed by atoms with Gasteiger partial charge in [0.25, 0.3) is 0 Å². The van der Waals surface area contributed by atoms with E-state index in [0.717, 1.165) is 24.2 Å². The summed E-state index contributed by atoms with van der Waals surface area (Å²) in [5, 5.41) is 19.8. The van der Waals surface area contributed by atoms with E-state index in [1.807, 2.05) is 31.2 Å². The number of anilines is 1. The molecule has 0 aromatic heterocycles. The Hall–Kier alpha value is -2.11. The standard InChI is InChI=1S/C20H27N3O2/c1-16(21-20-11-7-9-17-8-3-4-10-19(17)20)22-25-15-18(24)14-23-12-5-2-6-13-23/h3-4,7-11,18,24H,2,5-6,12-15H2,1H3,(H,21,22). The SMILES string of the molecule is CC(=NOCC(O)CN1CCCCC1)Nc1cccc2ccccc12. The zero-order chi connectivity index (χ0) is 17.5. The van der Waals surface area contributed by atoms with E-state index < -0.39 is 6.10 Å². The van der Waals surface area contributed by atoms with Gasteiger partial charge in [-0.05, 0) is 44.3 Å². The highest BCUT2D eigenvalue weighted by Crippen LogP contribution is 2.22. The minimum Gasteiger partial charge on any atom is -0.392 e. The maximum atomic E-state index is 10.1. The summed E-state index contributed by atoms with van der Waals surface area (Å²) in [6, 6.07) is 14.3. The van der Waals surface area contributed by atoms with Gasteiger partial charge in [0.15, 0.2) is 0 Å². The molecule has 0 aliphatic carbocycles. The second-order valence-corrected chi connectivity index (χ2v) is 6.64. The minimum absolute atomic E-state index is 0.213. The predicted octanol–water partition coefficient (Wildman–Crippen LogP) is 3.45. The Bertz CT molecular complexity index is 706. The van der Waals surface area contributed by atoms with Crippen LogP contribution in [0.15, 0.2) is 47.6 Å². The van der Waals surface area contributed by atoms with Crippen molar-refractivity contribution in [3.8, 4) is 0 Å². The topological polar surface area (TPSA) is 57.1 Å². The maximum absolute atomic E-state index is 10.1. The molecule has 1 saturated heterocycles. The van der Waals surface area contributed by atoms with E-state index in [2.05, 4.69) is 33.6 Å². The Kier molecular flexibility index (Phi) is 6.25. The molecule has 134 valence electrons. The van der Waals surface area contributed by atoms with Crippen LogP contribution in [0.3, 0.4) is 0 Å². The van der Waals surface area contributed by atoms with Crippen LogP contribution in [-0.2, 0) is 4.84 Å². The molecule has 2 aromatic rings. The fraction of sp³-hybridized carbons (Fsp3) is 0.450. The third-order valence-corrected chi connectivity index (χ3v) is 4.49. The molecule has 5 heteroatoms. The largest absolute Gasteiger partial charge is 0.392 e. The molecule has 0 amide bonds. The Balaban J connectivity index is 1.49. The van der Waals surface area contributed by atoms with Gasteiger partial charge in [-0.1, -0.05) is 48.0 Å². The van der Waals surface area contributed by atoms with Gasteiger partial charge in [0, 0.05) is 17.6 Å². The Morgan fingerprint density at radius 2 is 1.92 bits per heavy atom. The first kappa shape index (κ1) is 17.7. The van der Waals surface area contributed by atoms with Crippen molar-refractivity contribution in [2.24, 2.45) is 5.16 Å². The molecule has 3 rings (SSSR count). The van der Waals surface area contributed by atoms with E-state index in [-0.39, 0.29) is 6.61 Å². The minimum atomic E-state index is -0.507. The average molecular weight is 341 g/mol. The van der Waals surface area contributed by atoms with Crippen molar-refractivity contribution in [1.82, 2.24) is 4.90 Å². The summed E-state index contributed by atoms with van der Waals surface area (Å²) in [6.45, 7) is 4.87. The molecule has 1 aliphatic heterocycles. The smallest absolute Gasteiger partial charge is 0.144 e. The van der Waals surface area contributed by atoms with E-state index in [4.69, 9.17) is 4.84 Å².